The predicted octanol–water partition coefficient (Wildman–Crippen LogP) is 3.19. The molecule has 0 saturated heterocycles. The molecular formula is C13H15NO2S2. The highest BCUT2D eigenvalue weighted by molar-refractivity contribution is 7.91. The number of benzene rings is 1. The number of sulfonamides is 1. The molecule has 1 heterocycles. The lowest BCUT2D eigenvalue weighted by Crippen LogP contribution is -2.09. The number of hydrogen-bond acceptors (Lipinski definition) is 3. The van der Waals surface area contributed by atoms with Crippen molar-refractivity contribution in [2.75, 3.05) is 0 Å². The standard InChI is InChI=1S/C13H15NO2S2/c1-9(2)10-3-5-11(6-4-10)12-7-8-13(17-12)18(14,15)16/h3-9H,1-2H3,(H2,14,15,16). The molecule has 0 spiro atoms. The lowest BCUT2D eigenvalue weighted by atomic mass is 10.0. The number of rotatable bonds is 3. The maximum absolute atomic E-state index is 11.2. The molecule has 0 bridgehead atoms. The van der Waals surface area contributed by atoms with E-state index in [1.54, 1.807) is 12.1 Å². The van der Waals surface area contributed by atoms with Crippen LogP contribution in [0.1, 0.15) is 25.3 Å². The van der Waals surface area contributed by atoms with Gasteiger partial charge in [0.1, 0.15) is 4.21 Å². The van der Waals surface area contributed by atoms with Gasteiger partial charge in [0.25, 0.3) is 0 Å². The highest BCUT2D eigenvalue weighted by atomic mass is 32.2. The first-order chi connectivity index (χ1) is 8.38. The molecule has 3 nitrogen and oxygen atoms in total. The van der Waals surface area contributed by atoms with Gasteiger partial charge in [-0.1, -0.05) is 38.1 Å². The summed E-state index contributed by atoms with van der Waals surface area (Å²) < 4.78 is 22.6. The minimum atomic E-state index is -3.59. The van der Waals surface area contributed by atoms with Crippen LogP contribution >= 0.6 is 11.3 Å². The van der Waals surface area contributed by atoms with Crippen LogP contribution in [-0.2, 0) is 10.0 Å². The molecule has 0 aliphatic carbocycles. The Morgan fingerprint density at radius 1 is 1.06 bits per heavy atom. The zero-order chi connectivity index (χ0) is 13.3. The van der Waals surface area contributed by atoms with Gasteiger partial charge < -0.3 is 0 Å². The third-order valence-electron chi connectivity index (χ3n) is 2.72. The SMILES string of the molecule is CC(C)c1ccc(-c2ccc(S(N)(=O)=O)s2)cc1. The quantitative estimate of drug-likeness (QED) is 0.939. The van der Waals surface area contributed by atoms with Crippen molar-refractivity contribution in [1.29, 1.82) is 0 Å². The summed E-state index contributed by atoms with van der Waals surface area (Å²) in [6.45, 7) is 4.28. The third-order valence-corrected chi connectivity index (χ3v) is 5.30. The van der Waals surface area contributed by atoms with Crippen LogP contribution in [0.3, 0.4) is 0 Å². The van der Waals surface area contributed by atoms with Gasteiger partial charge in [0.15, 0.2) is 0 Å². The molecule has 1 aromatic heterocycles. The molecule has 18 heavy (non-hydrogen) atoms. The van der Waals surface area contributed by atoms with Gasteiger partial charge in [-0.05, 0) is 29.2 Å². The average molecular weight is 281 g/mol. The fraction of sp³-hybridized carbons (Fsp3) is 0.231. The second-order valence-electron chi connectivity index (χ2n) is 4.44. The van der Waals surface area contributed by atoms with Crippen molar-refractivity contribution in [3.05, 3.63) is 42.0 Å². The topological polar surface area (TPSA) is 60.2 Å². The fourth-order valence-corrected chi connectivity index (χ4v) is 3.40. The van der Waals surface area contributed by atoms with Crippen LogP contribution < -0.4 is 5.14 Å². The molecule has 0 fully saturated rings. The molecule has 2 N–H and O–H groups in total. The van der Waals surface area contributed by atoms with Crippen LogP contribution in [0, 0.1) is 0 Å². The third kappa shape index (κ3) is 2.80. The highest BCUT2D eigenvalue weighted by Gasteiger charge is 2.12. The van der Waals surface area contributed by atoms with Crippen LogP contribution in [0.4, 0.5) is 0 Å². The van der Waals surface area contributed by atoms with Gasteiger partial charge in [0.2, 0.25) is 10.0 Å². The van der Waals surface area contributed by atoms with E-state index in [4.69, 9.17) is 5.14 Å². The largest absolute Gasteiger partial charge is 0.247 e. The molecule has 2 rings (SSSR count). The first-order valence-corrected chi connectivity index (χ1v) is 7.97. The van der Waals surface area contributed by atoms with Gasteiger partial charge in [0.05, 0.1) is 0 Å². The fourth-order valence-electron chi connectivity index (χ4n) is 1.66. The first kappa shape index (κ1) is 13.3. The lowest BCUT2D eigenvalue weighted by Gasteiger charge is -2.05. The zero-order valence-corrected chi connectivity index (χ0v) is 11.9. The maximum atomic E-state index is 11.2. The van der Waals surface area contributed by atoms with Crippen LogP contribution in [0.2, 0.25) is 0 Å². The molecule has 0 amide bonds. The van der Waals surface area contributed by atoms with E-state index < -0.39 is 10.0 Å². The van der Waals surface area contributed by atoms with Gasteiger partial charge >= 0.3 is 0 Å². The Balaban J connectivity index is 2.35. The second kappa shape index (κ2) is 4.84. The molecule has 0 atom stereocenters. The molecule has 0 unspecified atom stereocenters. The molecular weight excluding hydrogens is 266 g/mol. The molecule has 5 heteroatoms. The summed E-state index contributed by atoms with van der Waals surface area (Å²) >= 11 is 1.19. The van der Waals surface area contributed by atoms with Gasteiger partial charge in [-0.15, -0.1) is 11.3 Å². The first-order valence-electron chi connectivity index (χ1n) is 5.61. The normalized spacial score (nSPS) is 12.0. The van der Waals surface area contributed by atoms with Gasteiger partial charge in [-0.25, -0.2) is 13.6 Å². The summed E-state index contributed by atoms with van der Waals surface area (Å²) in [7, 11) is -3.59. The van der Waals surface area contributed by atoms with Crippen LogP contribution in [0.5, 0.6) is 0 Å². The minimum absolute atomic E-state index is 0.199. The van der Waals surface area contributed by atoms with E-state index in [1.165, 1.54) is 16.9 Å². The maximum Gasteiger partial charge on any atom is 0.247 e. The zero-order valence-electron chi connectivity index (χ0n) is 10.3. The van der Waals surface area contributed by atoms with E-state index in [-0.39, 0.29) is 4.21 Å². The van der Waals surface area contributed by atoms with Gasteiger partial charge in [-0.3, -0.25) is 0 Å². The summed E-state index contributed by atoms with van der Waals surface area (Å²) in [5.74, 6) is 0.488. The smallest absolute Gasteiger partial charge is 0.224 e. The van der Waals surface area contributed by atoms with Crippen LogP contribution in [0.15, 0.2) is 40.6 Å². The molecule has 2 aromatic rings. The van der Waals surface area contributed by atoms with Crippen LogP contribution in [0.25, 0.3) is 10.4 Å². The van der Waals surface area contributed by atoms with E-state index >= 15 is 0 Å². The molecule has 0 saturated carbocycles. The number of thiophene rings is 1. The van der Waals surface area contributed by atoms with Crippen molar-refractivity contribution >= 4 is 21.4 Å². The van der Waals surface area contributed by atoms with Crippen molar-refractivity contribution in [2.45, 2.75) is 24.0 Å². The van der Waals surface area contributed by atoms with E-state index in [1.807, 2.05) is 12.1 Å². The highest BCUT2D eigenvalue weighted by Crippen LogP contribution is 2.30. The van der Waals surface area contributed by atoms with Crippen molar-refractivity contribution in [3.63, 3.8) is 0 Å². The Morgan fingerprint density at radius 3 is 2.11 bits per heavy atom. The van der Waals surface area contributed by atoms with Crippen LogP contribution in [-0.4, -0.2) is 8.42 Å². The average Bonchev–Trinajstić information content (AvgIpc) is 2.78. The van der Waals surface area contributed by atoms with Crippen molar-refractivity contribution in [2.24, 2.45) is 5.14 Å². The van der Waals surface area contributed by atoms with E-state index in [9.17, 15) is 8.42 Å². The monoisotopic (exact) mass is 281 g/mol. The lowest BCUT2D eigenvalue weighted by molar-refractivity contribution is 0.600. The Morgan fingerprint density at radius 2 is 1.67 bits per heavy atom. The Bertz CT molecular complexity index is 640. The van der Waals surface area contributed by atoms with Gasteiger partial charge in [-0.2, -0.15) is 0 Å². The summed E-state index contributed by atoms with van der Waals surface area (Å²) in [6, 6.07) is 11.5. The second-order valence-corrected chi connectivity index (χ2v) is 7.31. The Hall–Kier alpha value is -1.17. The Labute approximate surface area is 111 Å². The van der Waals surface area contributed by atoms with Gasteiger partial charge in [0, 0.05) is 4.88 Å². The van der Waals surface area contributed by atoms with E-state index in [0.29, 0.717) is 5.92 Å². The van der Waals surface area contributed by atoms with Crippen molar-refractivity contribution in [3.8, 4) is 10.4 Å². The number of primary sulfonamides is 1. The van der Waals surface area contributed by atoms with E-state index in [2.05, 4.69) is 26.0 Å². The molecule has 0 aliphatic heterocycles. The number of hydrogen-bond donors (Lipinski definition) is 1. The summed E-state index contributed by atoms with van der Waals surface area (Å²) in [5.41, 5.74) is 2.28. The Kier molecular flexibility index (Phi) is 3.56. The summed E-state index contributed by atoms with van der Waals surface area (Å²) in [4.78, 5) is 0.911. The molecule has 0 aliphatic rings. The van der Waals surface area contributed by atoms with E-state index in [0.717, 1.165) is 10.4 Å². The minimum Gasteiger partial charge on any atom is -0.224 e. The number of nitrogens with two attached hydrogens (primary N) is 1. The predicted molar refractivity (Wildman–Crippen MR) is 75.2 cm³/mol. The van der Waals surface area contributed by atoms with Crippen molar-refractivity contribution in [1.82, 2.24) is 0 Å². The molecule has 1 aromatic carbocycles. The van der Waals surface area contributed by atoms with Crippen molar-refractivity contribution < 1.29 is 8.42 Å². The molecule has 0 radical (unpaired) electrons. The summed E-state index contributed by atoms with van der Waals surface area (Å²) in [5, 5.41) is 5.09. The summed E-state index contributed by atoms with van der Waals surface area (Å²) in [6.07, 6.45) is 0. The molecule has 96 valence electrons.